The van der Waals surface area contributed by atoms with Crippen LogP contribution in [0.1, 0.15) is 25.7 Å². The molecule has 0 spiro atoms. The quantitative estimate of drug-likeness (QED) is 0.772. The zero-order valence-electron chi connectivity index (χ0n) is 11.8. The Bertz CT molecular complexity index is 346. The van der Waals surface area contributed by atoms with Gasteiger partial charge >= 0.3 is 6.03 Å². The molecule has 6 heteroatoms. The molecule has 2 rings (SSSR count). The lowest BCUT2D eigenvalue weighted by Gasteiger charge is -2.36. The number of urea groups is 1. The lowest BCUT2D eigenvalue weighted by atomic mass is 9.86. The number of amidine groups is 1. The van der Waals surface area contributed by atoms with E-state index in [1.807, 2.05) is 11.8 Å². The second-order valence-electron chi connectivity index (χ2n) is 5.42. The van der Waals surface area contributed by atoms with Gasteiger partial charge in [-0.25, -0.2) is 4.79 Å². The number of carbonyl (C=O) groups excluding carboxylic acids is 1. The van der Waals surface area contributed by atoms with E-state index < -0.39 is 0 Å². The number of carbonyl (C=O) groups is 1. The molecule has 2 amide bonds. The van der Waals surface area contributed by atoms with Crippen LogP contribution in [0.2, 0.25) is 0 Å². The summed E-state index contributed by atoms with van der Waals surface area (Å²) >= 11 is 1.83. The SMILES string of the molecule is CN(C)C(=O)NCCN=C1NC2CCCCC2CS1. The van der Waals surface area contributed by atoms with Crippen molar-refractivity contribution in [1.29, 1.82) is 0 Å². The van der Waals surface area contributed by atoms with Gasteiger partial charge in [0.05, 0.1) is 6.54 Å². The second kappa shape index (κ2) is 7.03. The molecule has 2 N–H and O–H groups in total. The topological polar surface area (TPSA) is 56.7 Å². The third-order valence-corrected chi connectivity index (χ3v) is 4.82. The Labute approximate surface area is 119 Å². The van der Waals surface area contributed by atoms with E-state index in [2.05, 4.69) is 15.6 Å². The molecule has 0 aromatic rings. The highest BCUT2D eigenvalue weighted by Crippen LogP contribution is 2.31. The van der Waals surface area contributed by atoms with E-state index in [4.69, 9.17) is 0 Å². The highest BCUT2D eigenvalue weighted by Gasteiger charge is 2.29. The van der Waals surface area contributed by atoms with Gasteiger partial charge in [0.25, 0.3) is 0 Å². The van der Waals surface area contributed by atoms with E-state index in [9.17, 15) is 4.79 Å². The summed E-state index contributed by atoms with van der Waals surface area (Å²) in [6.45, 7) is 1.24. The van der Waals surface area contributed by atoms with E-state index in [1.165, 1.54) is 36.3 Å². The van der Waals surface area contributed by atoms with Crippen LogP contribution in [-0.4, -0.2) is 55.1 Å². The average molecular weight is 284 g/mol. The lowest BCUT2D eigenvalue weighted by Crippen LogP contribution is -2.46. The molecule has 0 aromatic heterocycles. The van der Waals surface area contributed by atoms with E-state index in [0.29, 0.717) is 19.1 Å². The number of hydrogen-bond acceptors (Lipinski definition) is 3. The maximum absolute atomic E-state index is 11.3. The van der Waals surface area contributed by atoms with Crippen LogP contribution < -0.4 is 10.6 Å². The van der Waals surface area contributed by atoms with Crippen LogP contribution >= 0.6 is 11.8 Å². The highest BCUT2D eigenvalue weighted by molar-refractivity contribution is 8.13. The third-order valence-electron chi connectivity index (χ3n) is 3.70. The van der Waals surface area contributed by atoms with Crippen molar-refractivity contribution < 1.29 is 4.79 Å². The van der Waals surface area contributed by atoms with Gasteiger partial charge in [-0.2, -0.15) is 0 Å². The smallest absolute Gasteiger partial charge is 0.316 e. The molecule has 1 saturated heterocycles. The predicted molar refractivity (Wildman–Crippen MR) is 80.7 cm³/mol. The molecule has 108 valence electrons. The van der Waals surface area contributed by atoms with Gasteiger partial charge < -0.3 is 15.5 Å². The first-order valence-electron chi connectivity index (χ1n) is 7.06. The lowest BCUT2D eigenvalue weighted by molar-refractivity contribution is 0.218. The van der Waals surface area contributed by atoms with Crippen LogP contribution in [0.4, 0.5) is 4.79 Å². The zero-order chi connectivity index (χ0) is 13.7. The minimum absolute atomic E-state index is 0.0585. The monoisotopic (exact) mass is 284 g/mol. The molecular weight excluding hydrogens is 260 g/mol. The van der Waals surface area contributed by atoms with Crippen LogP contribution in [0.3, 0.4) is 0 Å². The van der Waals surface area contributed by atoms with E-state index >= 15 is 0 Å². The molecule has 1 aliphatic heterocycles. The number of fused-ring (bicyclic) bond motifs is 1. The van der Waals surface area contributed by atoms with E-state index in [1.54, 1.807) is 14.1 Å². The molecule has 0 aromatic carbocycles. The molecule has 0 radical (unpaired) electrons. The maximum atomic E-state index is 11.3. The Balaban J connectivity index is 1.70. The molecule has 1 aliphatic carbocycles. The van der Waals surface area contributed by atoms with Crippen molar-refractivity contribution in [1.82, 2.24) is 15.5 Å². The van der Waals surface area contributed by atoms with Crippen molar-refractivity contribution in [3.8, 4) is 0 Å². The van der Waals surface area contributed by atoms with Crippen molar-refractivity contribution in [3.63, 3.8) is 0 Å². The Morgan fingerprint density at radius 3 is 3.05 bits per heavy atom. The van der Waals surface area contributed by atoms with Gasteiger partial charge in [0.1, 0.15) is 0 Å². The zero-order valence-corrected chi connectivity index (χ0v) is 12.6. The largest absolute Gasteiger partial charge is 0.362 e. The van der Waals surface area contributed by atoms with E-state index in [-0.39, 0.29) is 6.03 Å². The molecular formula is C13H24N4OS. The van der Waals surface area contributed by atoms with Crippen molar-refractivity contribution >= 4 is 23.0 Å². The van der Waals surface area contributed by atoms with Gasteiger partial charge in [0, 0.05) is 32.4 Å². The number of amides is 2. The fraction of sp³-hybridized carbons (Fsp3) is 0.846. The maximum Gasteiger partial charge on any atom is 0.316 e. The van der Waals surface area contributed by atoms with Gasteiger partial charge in [-0.15, -0.1) is 0 Å². The number of thioether (sulfide) groups is 1. The summed E-state index contributed by atoms with van der Waals surface area (Å²) in [5, 5.41) is 7.43. The molecule has 1 heterocycles. The minimum atomic E-state index is -0.0585. The van der Waals surface area contributed by atoms with Gasteiger partial charge in [-0.05, 0) is 18.8 Å². The van der Waals surface area contributed by atoms with Crippen molar-refractivity contribution in [2.45, 2.75) is 31.7 Å². The van der Waals surface area contributed by atoms with Crippen LogP contribution in [0, 0.1) is 5.92 Å². The molecule has 1 saturated carbocycles. The molecule has 2 unspecified atom stereocenters. The third kappa shape index (κ3) is 4.30. The Morgan fingerprint density at radius 2 is 2.26 bits per heavy atom. The number of nitrogens with zero attached hydrogens (tertiary/aromatic N) is 2. The summed E-state index contributed by atoms with van der Waals surface area (Å²) in [5.74, 6) is 2.02. The number of aliphatic imine (C=N–C) groups is 1. The average Bonchev–Trinajstić information content (AvgIpc) is 2.43. The van der Waals surface area contributed by atoms with Crippen molar-refractivity contribution in [2.24, 2.45) is 10.9 Å². The molecule has 2 fully saturated rings. The highest BCUT2D eigenvalue weighted by atomic mass is 32.2. The Kier molecular flexibility index (Phi) is 5.36. The fourth-order valence-electron chi connectivity index (χ4n) is 2.55. The summed E-state index contributed by atoms with van der Waals surface area (Å²) in [4.78, 5) is 17.4. The number of rotatable bonds is 3. The molecule has 19 heavy (non-hydrogen) atoms. The first-order valence-corrected chi connectivity index (χ1v) is 8.04. The summed E-state index contributed by atoms with van der Waals surface area (Å²) < 4.78 is 0. The number of nitrogens with one attached hydrogen (secondary N) is 2. The minimum Gasteiger partial charge on any atom is -0.362 e. The summed E-state index contributed by atoms with van der Waals surface area (Å²) in [6, 6.07) is 0.571. The van der Waals surface area contributed by atoms with Gasteiger partial charge in [0.2, 0.25) is 0 Å². The first kappa shape index (κ1) is 14.5. The van der Waals surface area contributed by atoms with Crippen molar-refractivity contribution in [3.05, 3.63) is 0 Å². The first-order chi connectivity index (χ1) is 9.16. The standard InChI is InChI=1S/C13H24N4OS/c1-17(2)13(18)15-8-7-14-12-16-11-6-4-3-5-10(11)9-19-12/h10-11H,3-9H2,1-2H3,(H,14,16)(H,15,18). The molecule has 2 aliphatic rings. The molecule has 5 nitrogen and oxygen atoms in total. The van der Waals surface area contributed by atoms with Crippen LogP contribution in [0.15, 0.2) is 4.99 Å². The summed E-state index contributed by atoms with van der Waals surface area (Å²) in [7, 11) is 3.48. The van der Waals surface area contributed by atoms with Crippen LogP contribution in [-0.2, 0) is 0 Å². The van der Waals surface area contributed by atoms with Crippen LogP contribution in [0.5, 0.6) is 0 Å². The normalized spacial score (nSPS) is 28.4. The summed E-state index contributed by atoms with van der Waals surface area (Å²) in [6.07, 6.45) is 5.36. The van der Waals surface area contributed by atoms with Gasteiger partial charge in [-0.3, -0.25) is 4.99 Å². The van der Waals surface area contributed by atoms with Gasteiger partial charge in [0.15, 0.2) is 5.17 Å². The Morgan fingerprint density at radius 1 is 1.47 bits per heavy atom. The Hall–Kier alpha value is -0.910. The predicted octanol–water partition coefficient (Wildman–Crippen LogP) is 1.51. The van der Waals surface area contributed by atoms with Crippen LogP contribution in [0.25, 0.3) is 0 Å². The van der Waals surface area contributed by atoms with E-state index in [0.717, 1.165) is 11.1 Å². The molecule has 0 bridgehead atoms. The van der Waals surface area contributed by atoms with Gasteiger partial charge in [-0.1, -0.05) is 24.6 Å². The summed E-state index contributed by atoms with van der Waals surface area (Å²) in [5.41, 5.74) is 0. The van der Waals surface area contributed by atoms with Crippen molar-refractivity contribution in [2.75, 3.05) is 32.9 Å². The second-order valence-corrected chi connectivity index (χ2v) is 6.43. The fourth-order valence-corrected chi connectivity index (χ4v) is 3.74. The molecule has 2 atom stereocenters. The number of hydrogen-bond donors (Lipinski definition) is 2.